The maximum Gasteiger partial charge on any atom is 0.396 e. The van der Waals surface area contributed by atoms with Gasteiger partial charge in [-0.2, -0.15) is 5.10 Å². The molecule has 0 atom stereocenters. The maximum absolute atomic E-state index is 12.5. The molecule has 0 spiro atoms. The number of benzene rings is 2. The van der Waals surface area contributed by atoms with Crippen molar-refractivity contribution in [1.82, 2.24) is 15.0 Å². The fraction of sp³-hybridized carbons (Fsp3) is 0.346. The summed E-state index contributed by atoms with van der Waals surface area (Å²) < 4.78 is 7.48. The van der Waals surface area contributed by atoms with Crippen LogP contribution in [-0.4, -0.2) is 38.5 Å². The van der Waals surface area contributed by atoms with E-state index in [1.165, 1.54) is 0 Å². The number of amides is 1. The van der Waals surface area contributed by atoms with Crippen molar-refractivity contribution in [2.75, 3.05) is 12.4 Å². The van der Waals surface area contributed by atoms with Crippen molar-refractivity contribution < 1.29 is 14.5 Å². The monoisotopic (exact) mass is 509 g/mol. The molecule has 0 saturated heterocycles. The third-order valence-electron chi connectivity index (χ3n) is 5.43. The minimum Gasteiger partial charge on any atom is -0.494 e. The molecule has 0 aliphatic carbocycles. The maximum atomic E-state index is 12.5. The molecule has 0 saturated carbocycles. The lowest BCUT2D eigenvalue weighted by Gasteiger charge is -2.09. The smallest absolute Gasteiger partial charge is 0.396 e. The van der Waals surface area contributed by atoms with Crippen molar-refractivity contribution in [2.45, 2.75) is 51.6 Å². The summed E-state index contributed by atoms with van der Waals surface area (Å²) in [7, 11) is 0. The Hall–Kier alpha value is -3.66. The first-order chi connectivity index (χ1) is 17.4. The molecule has 1 heterocycles. The van der Waals surface area contributed by atoms with Crippen LogP contribution in [0.15, 0.2) is 64.7 Å². The van der Waals surface area contributed by atoms with Crippen LogP contribution < -0.4 is 10.2 Å². The molecule has 3 rings (SSSR count). The molecule has 0 radical (unpaired) electrons. The topological polar surface area (TPSA) is 112 Å². The number of rotatable bonds is 13. The highest BCUT2D eigenvalue weighted by molar-refractivity contribution is 8.00. The third kappa shape index (κ3) is 7.67. The largest absolute Gasteiger partial charge is 0.494 e. The molecule has 190 valence electrons. The van der Waals surface area contributed by atoms with Gasteiger partial charge in [0, 0.05) is 6.92 Å². The Bertz CT molecular complexity index is 1190. The summed E-state index contributed by atoms with van der Waals surface area (Å²) in [5, 5.41) is 16.1. The lowest BCUT2D eigenvalue weighted by Crippen LogP contribution is -2.21. The van der Waals surface area contributed by atoms with Crippen molar-refractivity contribution in [3.63, 3.8) is 0 Å². The molecule has 9 nitrogen and oxygen atoms in total. The number of nitro groups is 1. The summed E-state index contributed by atoms with van der Waals surface area (Å²) >= 11 is 1.07. The first kappa shape index (κ1) is 26.9. The van der Waals surface area contributed by atoms with Gasteiger partial charge in [-0.15, -0.1) is 0 Å². The zero-order valence-corrected chi connectivity index (χ0v) is 21.6. The van der Waals surface area contributed by atoms with E-state index in [1.807, 2.05) is 54.6 Å². The van der Waals surface area contributed by atoms with Crippen LogP contribution in [0, 0.1) is 17.0 Å². The van der Waals surface area contributed by atoms with Gasteiger partial charge in [0.15, 0.2) is 5.03 Å². The Balaban J connectivity index is 1.60. The average molecular weight is 510 g/mol. The molecule has 36 heavy (non-hydrogen) atoms. The first-order valence-electron chi connectivity index (χ1n) is 11.8. The van der Waals surface area contributed by atoms with E-state index in [2.05, 4.69) is 22.4 Å². The zero-order chi connectivity index (χ0) is 25.9. The fourth-order valence-electron chi connectivity index (χ4n) is 3.45. The molecule has 10 heteroatoms. The van der Waals surface area contributed by atoms with Gasteiger partial charge in [-0.1, -0.05) is 61.9 Å². The summed E-state index contributed by atoms with van der Waals surface area (Å²) in [6.07, 6.45) is 3.32. The fourth-order valence-corrected chi connectivity index (χ4v) is 4.39. The van der Waals surface area contributed by atoms with Crippen molar-refractivity contribution in [3.8, 4) is 5.75 Å². The lowest BCUT2D eigenvalue weighted by molar-refractivity contribution is -0.392. The predicted molar refractivity (Wildman–Crippen MR) is 142 cm³/mol. The van der Waals surface area contributed by atoms with Crippen molar-refractivity contribution >= 4 is 29.2 Å². The molecule has 1 aromatic heterocycles. The number of carbonyl (C=O) groups excluding carboxylic acids is 1. The van der Waals surface area contributed by atoms with E-state index in [0.717, 1.165) is 47.9 Å². The first-order valence-corrected chi connectivity index (χ1v) is 12.8. The molecule has 1 amide bonds. The molecule has 2 aromatic carbocycles. The second-order valence-electron chi connectivity index (χ2n) is 8.22. The second-order valence-corrected chi connectivity index (χ2v) is 9.18. The Kier molecular flexibility index (Phi) is 10.1. The molecule has 0 fully saturated rings. The molecule has 0 aliphatic heterocycles. The Morgan fingerprint density at radius 2 is 1.89 bits per heavy atom. The second kappa shape index (κ2) is 13.4. The summed E-state index contributed by atoms with van der Waals surface area (Å²) in [6, 6.07) is 17.2. The number of hydrogen-bond acceptors (Lipinski definition) is 7. The van der Waals surface area contributed by atoms with Gasteiger partial charge < -0.3 is 14.9 Å². The van der Waals surface area contributed by atoms with Gasteiger partial charge in [-0.3, -0.25) is 9.36 Å². The highest BCUT2D eigenvalue weighted by Gasteiger charge is 2.26. The molecule has 3 aromatic rings. The molecule has 0 aliphatic rings. The quantitative estimate of drug-likeness (QED) is 0.109. The standard InChI is InChI=1S/C26H31N5O4S/c1-4-5-9-16-35-23-14-12-22(13-15-23)19(2)28-29-24(32)18-36-26-25(31(33)34)27-20(3)30(26)17-21-10-7-6-8-11-21/h6-8,10-15H,4-5,9,16-18H2,1-3H3,(H,29,32)/b28-19-. The van der Waals surface area contributed by atoms with Gasteiger partial charge >= 0.3 is 5.82 Å². The minimum absolute atomic E-state index is 0.0396. The zero-order valence-electron chi connectivity index (χ0n) is 20.8. The molecule has 1 N–H and O–H groups in total. The Labute approximate surface area is 215 Å². The number of hydrazone groups is 1. The van der Waals surface area contributed by atoms with Crippen molar-refractivity contribution in [1.29, 1.82) is 0 Å². The molecular weight excluding hydrogens is 478 g/mol. The van der Waals surface area contributed by atoms with Gasteiger partial charge in [-0.25, -0.2) is 5.43 Å². The van der Waals surface area contributed by atoms with Crippen LogP contribution in [0.25, 0.3) is 0 Å². The summed E-state index contributed by atoms with van der Waals surface area (Å²) in [6.45, 7) is 6.78. The van der Waals surface area contributed by atoms with Gasteiger partial charge in [0.1, 0.15) is 5.75 Å². The third-order valence-corrected chi connectivity index (χ3v) is 6.51. The SMILES string of the molecule is CCCCCOc1ccc(/C(C)=N\NC(=O)CSc2c([N+](=O)[O-])nc(C)n2Cc2ccccc2)cc1. The highest BCUT2D eigenvalue weighted by Crippen LogP contribution is 2.30. The van der Waals surface area contributed by atoms with Gasteiger partial charge in [-0.05, 0) is 58.6 Å². The van der Waals surface area contributed by atoms with E-state index in [1.54, 1.807) is 18.4 Å². The number of unbranched alkanes of at least 4 members (excludes halogenated alkanes) is 2. The van der Waals surface area contributed by atoms with E-state index in [0.29, 0.717) is 29.7 Å². The van der Waals surface area contributed by atoms with Crippen LogP contribution in [0.4, 0.5) is 5.82 Å². The number of nitrogens with one attached hydrogen (secondary N) is 1. The van der Waals surface area contributed by atoms with Crippen LogP contribution in [0.2, 0.25) is 0 Å². The van der Waals surface area contributed by atoms with Crippen molar-refractivity contribution in [3.05, 3.63) is 81.7 Å². The number of ether oxygens (including phenoxy) is 1. The van der Waals surface area contributed by atoms with E-state index in [-0.39, 0.29) is 17.5 Å². The summed E-state index contributed by atoms with van der Waals surface area (Å²) in [4.78, 5) is 27.6. The number of aromatic nitrogens is 2. The van der Waals surface area contributed by atoms with Crippen LogP contribution in [-0.2, 0) is 11.3 Å². The number of carbonyl (C=O) groups is 1. The van der Waals surface area contributed by atoms with Gasteiger partial charge in [0.2, 0.25) is 11.7 Å². The predicted octanol–water partition coefficient (Wildman–Crippen LogP) is 5.35. The molecule has 0 bridgehead atoms. The Morgan fingerprint density at radius 3 is 2.56 bits per heavy atom. The van der Waals surface area contributed by atoms with Crippen LogP contribution in [0.1, 0.15) is 50.1 Å². The average Bonchev–Trinajstić information content (AvgIpc) is 3.20. The number of thioether (sulfide) groups is 1. The van der Waals surface area contributed by atoms with Crippen LogP contribution >= 0.6 is 11.8 Å². The van der Waals surface area contributed by atoms with Crippen LogP contribution in [0.5, 0.6) is 5.75 Å². The van der Waals surface area contributed by atoms with Crippen LogP contribution in [0.3, 0.4) is 0 Å². The van der Waals surface area contributed by atoms with E-state index >= 15 is 0 Å². The molecular formula is C26H31N5O4S. The van der Waals surface area contributed by atoms with E-state index in [9.17, 15) is 14.9 Å². The summed E-state index contributed by atoms with van der Waals surface area (Å²) in [5.41, 5.74) is 5.02. The lowest BCUT2D eigenvalue weighted by atomic mass is 10.1. The summed E-state index contributed by atoms with van der Waals surface area (Å²) in [5.74, 6) is 0.655. The van der Waals surface area contributed by atoms with E-state index in [4.69, 9.17) is 4.74 Å². The van der Waals surface area contributed by atoms with E-state index < -0.39 is 4.92 Å². The van der Waals surface area contributed by atoms with Gasteiger partial charge in [0.05, 0.1) is 24.6 Å². The number of nitrogens with zero attached hydrogens (tertiary/aromatic N) is 4. The van der Waals surface area contributed by atoms with Crippen molar-refractivity contribution in [2.24, 2.45) is 5.10 Å². The number of hydrogen-bond donors (Lipinski definition) is 1. The Morgan fingerprint density at radius 1 is 1.17 bits per heavy atom. The highest BCUT2D eigenvalue weighted by atomic mass is 32.2. The molecule has 0 unspecified atom stereocenters. The van der Waals surface area contributed by atoms with Gasteiger partial charge in [0.25, 0.3) is 0 Å². The number of imidazole rings is 1. The minimum atomic E-state index is -0.520. The normalized spacial score (nSPS) is 11.4. The number of aryl methyl sites for hydroxylation is 1.